The van der Waals surface area contributed by atoms with Crippen LogP contribution in [0.4, 0.5) is 27.8 Å². The van der Waals surface area contributed by atoms with Crippen LogP contribution in [0.2, 0.25) is 0 Å². The van der Waals surface area contributed by atoms with E-state index in [1.807, 2.05) is 4.90 Å². The number of aromatic hydroxyl groups is 1. The van der Waals surface area contributed by atoms with E-state index >= 15 is 8.78 Å². The van der Waals surface area contributed by atoms with E-state index in [0.29, 0.717) is 19.8 Å². The Balaban J connectivity index is 1.30. The summed E-state index contributed by atoms with van der Waals surface area (Å²) in [6, 6.07) is 6.26. The summed E-state index contributed by atoms with van der Waals surface area (Å²) in [5.74, 6) is 0.278. The second-order valence-electron chi connectivity index (χ2n) is 13.8. The molecule has 262 valence electrons. The molecule has 4 aliphatic rings. The number of hydrogen-bond donors (Lipinski definition) is 2. The number of anilines is 1. The summed E-state index contributed by atoms with van der Waals surface area (Å²) in [6.45, 7) is 4.29. The first-order valence-corrected chi connectivity index (χ1v) is 17.5. The molecule has 2 atom stereocenters. The number of phenolic OH excluding ortho intramolecular Hbond substituents is 1. The van der Waals surface area contributed by atoms with Crippen molar-refractivity contribution in [1.82, 2.24) is 20.2 Å². The molecule has 8 nitrogen and oxygen atoms in total. The molecule has 3 aliphatic heterocycles. The van der Waals surface area contributed by atoms with Crippen LogP contribution in [-0.4, -0.2) is 83.7 Å². The number of thioether (sulfide) groups is 1. The van der Waals surface area contributed by atoms with Crippen LogP contribution in [0, 0.1) is 29.4 Å². The van der Waals surface area contributed by atoms with Crippen LogP contribution in [0.1, 0.15) is 37.7 Å². The van der Waals surface area contributed by atoms with Crippen molar-refractivity contribution in [1.29, 1.82) is 0 Å². The number of halogens is 5. The fourth-order valence-corrected chi connectivity index (χ4v) is 8.38. The van der Waals surface area contributed by atoms with Gasteiger partial charge in [-0.2, -0.15) is 23.1 Å². The average Bonchev–Trinajstić information content (AvgIpc) is 3.76. The Morgan fingerprint density at radius 1 is 1.12 bits per heavy atom. The molecule has 0 spiro atoms. The average molecular weight is 712 g/mol. The largest absolute Gasteiger partial charge is 0.508 e. The number of fused-ring (bicyclic) bond motifs is 4. The van der Waals surface area contributed by atoms with E-state index in [9.17, 15) is 18.3 Å². The van der Waals surface area contributed by atoms with Gasteiger partial charge >= 0.3 is 11.5 Å². The van der Waals surface area contributed by atoms with Gasteiger partial charge in [-0.1, -0.05) is 12.0 Å². The van der Waals surface area contributed by atoms with E-state index in [4.69, 9.17) is 20.9 Å². The predicted octanol–water partition coefficient (Wildman–Crippen LogP) is 6.81. The number of hydrogen-bond acceptors (Lipinski definition) is 9. The molecular weight excluding hydrogens is 677 g/mol. The monoisotopic (exact) mass is 711 g/mol. The molecule has 4 aromatic rings. The summed E-state index contributed by atoms with van der Waals surface area (Å²) in [5, 5.41) is 14.5. The summed E-state index contributed by atoms with van der Waals surface area (Å²) in [7, 11) is 0. The van der Waals surface area contributed by atoms with E-state index in [0.717, 1.165) is 63.9 Å². The second-order valence-corrected chi connectivity index (χ2v) is 14.9. The summed E-state index contributed by atoms with van der Waals surface area (Å²) in [6.07, 6.45) is 10.3. The molecule has 2 N–H and O–H groups in total. The lowest BCUT2D eigenvalue weighted by Crippen LogP contribution is -2.51. The third-order valence-corrected chi connectivity index (χ3v) is 10.9. The van der Waals surface area contributed by atoms with Crippen molar-refractivity contribution in [2.45, 2.75) is 54.6 Å². The van der Waals surface area contributed by atoms with Gasteiger partial charge in [0.1, 0.15) is 22.9 Å². The smallest absolute Gasteiger partial charge is 0.446 e. The first-order chi connectivity index (χ1) is 24.0. The number of terminal acetylenes is 1. The SMILES string of the molecule is C#Cc1c(F)ccc2cc(O)cc(-c3c(SC(F)(F)F)cc4c(N5CC6CCC(C5)N6)nc(OCC5(CN6CCCOC6)CC5)nc4c3F)c12. The number of alkyl halides is 3. The Hall–Kier alpha value is -3.90. The number of nitrogens with zero attached hydrogens (tertiary/aromatic N) is 4. The predicted molar refractivity (Wildman–Crippen MR) is 180 cm³/mol. The van der Waals surface area contributed by atoms with Gasteiger partial charge in [0, 0.05) is 71.5 Å². The minimum Gasteiger partial charge on any atom is -0.508 e. The number of nitrogens with one attached hydrogen (secondary N) is 1. The van der Waals surface area contributed by atoms with Crippen molar-refractivity contribution in [3.05, 3.63) is 47.5 Å². The van der Waals surface area contributed by atoms with Crippen molar-refractivity contribution in [2.75, 3.05) is 51.0 Å². The van der Waals surface area contributed by atoms with Crippen molar-refractivity contribution in [3.63, 3.8) is 0 Å². The van der Waals surface area contributed by atoms with Crippen LogP contribution < -0.4 is 15.0 Å². The van der Waals surface area contributed by atoms with Crippen LogP contribution in [0.15, 0.2) is 35.2 Å². The van der Waals surface area contributed by atoms with E-state index in [1.165, 1.54) is 18.2 Å². The number of piperazine rings is 1. The van der Waals surface area contributed by atoms with E-state index in [1.54, 1.807) is 0 Å². The minimum absolute atomic E-state index is 0.00521. The topological polar surface area (TPSA) is 83.0 Å². The van der Waals surface area contributed by atoms with Crippen molar-refractivity contribution in [3.8, 4) is 35.2 Å². The Morgan fingerprint density at radius 3 is 2.58 bits per heavy atom. The first-order valence-electron chi connectivity index (χ1n) is 16.7. The number of aromatic nitrogens is 2. The van der Waals surface area contributed by atoms with Crippen LogP contribution in [0.5, 0.6) is 11.8 Å². The van der Waals surface area contributed by atoms with Gasteiger partial charge in [0.2, 0.25) is 0 Å². The van der Waals surface area contributed by atoms with Gasteiger partial charge in [0.05, 0.1) is 18.9 Å². The second kappa shape index (κ2) is 12.7. The van der Waals surface area contributed by atoms with Crippen molar-refractivity contribution >= 4 is 39.3 Å². The first kappa shape index (κ1) is 33.3. The zero-order valence-corrected chi connectivity index (χ0v) is 27.8. The van der Waals surface area contributed by atoms with E-state index in [-0.39, 0.29) is 74.5 Å². The van der Waals surface area contributed by atoms with Gasteiger partial charge in [-0.15, -0.1) is 6.42 Å². The highest BCUT2D eigenvalue weighted by atomic mass is 32.2. The van der Waals surface area contributed by atoms with Gasteiger partial charge < -0.3 is 24.8 Å². The lowest BCUT2D eigenvalue weighted by Gasteiger charge is -2.34. The van der Waals surface area contributed by atoms with Crippen LogP contribution in [0.3, 0.4) is 0 Å². The maximum absolute atomic E-state index is 17.3. The normalized spacial score (nSPS) is 21.9. The molecular formula is C36H34F5N5O3S. The quantitative estimate of drug-likeness (QED) is 0.117. The molecule has 8 rings (SSSR count). The molecule has 4 heterocycles. The highest BCUT2D eigenvalue weighted by Gasteiger charge is 2.45. The van der Waals surface area contributed by atoms with Gasteiger partial charge in [0.25, 0.3) is 0 Å². The molecule has 2 unspecified atom stereocenters. The summed E-state index contributed by atoms with van der Waals surface area (Å²) < 4.78 is 86.8. The maximum atomic E-state index is 17.3. The Morgan fingerprint density at radius 2 is 1.90 bits per heavy atom. The third kappa shape index (κ3) is 6.40. The summed E-state index contributed by atoms with van der Waals surface area (Å²) >= 11 is -0.505. The molecule has 14 heteroatoms. The Labute approximate surface area is 289 Å². The standard InChI is InChI=1S/C36H34F5N5O3S/c1-2-24-27(37)7-4-20-12-23(47)13-25(29(20)24)30-28(50-36(39,40)41)14-26-32(31(30)38)43-34(44-33(26)46-15-21-5-6-22(16-46)42-21)49-18-35(8-9-35)17-45-10-3-11-48-19-45/h1,4,7,12-14,21-22,42,47H,3,5-6,8-11,15-19H2. The lowest BCUT2D eigenvalue weighted by molar-refractivity contribution is -0.0328. The highest BCUT2D eigenvalue weighted by Crippen LogP contribution is 2.50. The summed E-state index contributed by atoms with van der Waals surface area (Å²) in [5.41, 5.74) is -6.18. The number of ether oxygens (including phenoxy) is 2. The van der Waals surface area contributed by atoms with Crippen molar-refractivity contribution in [2.24, 2.45) is 5.41 Å². The highest BCUT2D eigenvalue weighted by molar-refractivity contribution is 8.00. The molecule has 1 aliphatic carbocycles. The Kier molecular flexibility index (Phi) is 8.45. The van der Waals surface area contributed by atoms with Gasteiger partial charge in [0.15, 0.2) is 5.82 Å². The zero-order valence-electron chi connectivity index (χ0n) is 27.0. The maximum Gasteiger partial charge on any atom is 0.446 e. The van der Waals surface area contributed by atoms with Crippen LogP contribution in [-0.2, 0) is 4.74 Å². The molecule has 4 fully saturated rings. The molecule has 1 aromatic heterocycles. The van der Waals surface area contributed by atoms with Crippen molar-refractivity contribution < 1.29 is 36.5 Å². The van der Waals surface area contributed by atoms with E-state index < -0.39 is 39.4 Å². The van der Waals surface area contributed by atoms with Gasteiger partial charge in [-0.3, -0.25) is 4.90 Å². The lowest BCUT2D eigenvalue weighted by atomic mass is 9.93. The van der Waals surface area contributed by atoms with E-state index in [2.05, 4.69) is 21.1 Å². The molecule has 3 saturated heterocycles. The minimum atomic E-state index is -4.82. The fourth-order valence-electron chi connectivity index (χ4n) is 7.65. The Bertz CT molecular complexity index is 2020. The molecule has 50 heavy (non-hydrogen) atoms. The molecule has 2 bridgehead atoms. The summed E-state index contributed by atoms with van der Waals surface area (Å²) in [4.78, 5) is 12.9. The molecule has 3 aromatic carbocycles. The molecule has 0 amide bonds. The third-order valence-electron chi connectivity index (χ3n) is 10.1. The van der Waals surface area contributed by atoms with Crippen LogP contribution in [0.25, 0.3) is 32.8 Å². The van der Waals surface area contributed by atoms with Crippen LogP contribution >= 0.6 is 11.8 Å². The number of phenols is 1. The molecule has 1 saturated carbocycles. The fraction of sp³-hybridized carbons (Fsp3) is 0.444. The van der Waals surface area contributed by atoms with Gasteiger partial charge in [-0.25, -0.2) is 8.78 Å². The molecule has 0 radical (unpaired) electrons. The number of benzene rings is 3. The number of rotatable bonds is 8. The van der Waals surface area contributed by atoms with Gasteiger partial charge in [-0.05, 0) is 79.1 Å². The zero-order chi connectivity index (χ0) is 34.8.